The Bertz CT molecular complexity index is 394. The smallest absolute Gasteiger partial charge is 0.343 e. The van der Waals surface area contributed by atoms with Crippen molar-refractivity contribution in [1.82, 2.24) is 0 Å². The minimum atomic E-state index is -0.474. The van der Waals surface area contributed by atoms with Gasteiger partial charge in [0.1, 0.15) is 12.0 Å². The SMILES string of the molecule is COC(=O)COc1c(Br)cc(C=O)cc1Br. The molecule has 0 aliphatic rings. The molecule has 16 heavy (non-hydrogen) atoms. The lowest BCUT2D eigenvalue weighted by Gasteiger charge is -2.09. The van der Waals surface area contributed by atoms with Gasteiger partial charge in [0.25, 0.3) is 0 Å². The van der Waals surface area contributed by atoms with Crippen LogP contribution in [0.4, 0.5) is 0 Å². The predicted molar refractivity (Wildman–Crippen MR) is 64.7 cm³/mol. The van der Waals surface area contributed by atoms with Crippen molar-refractivity contribution in [2.75, 3.05) is 13.7 Å². The minimum absolute atomic E-state index is 0.186. The van der Waals surface area contributed by atoms with Crippen LogP contribution < -0.4 is 4.74 Å². The standard InChI is InChI=1S/C10H8Br2O4/c1-15-9(14)5-16-10-7(11)2-6(4-13)3-8(10)12/h2-4H,5H2,1H3. The van der Waals surface area contributed by atoms with Crippen molar-refractivity contribution in [3.63, 3.8) is 0 Å². The van der Waals surface area contributed by atoms with Crippen LogP contribution in [0, 0.1) is 0 Å². The first-order valence-electron chi connectivity index (χ1n) is 4.22. The van der Waals surface area contributed by atoms with Gasteiger partial charge >= 0.3 is 5.97 Å². The summed E-state index contributed by atoms with van der Waals surface area (Å²) < 4.78 is 10.9. The van der Waals surface area contributed by atoms with Gasteiger partial charge in [-0.3, -0.25) is 4.79 Å². The highest BCUT2D eigenvalue weighted by Gasteiger charge is 2.10. The average molecular weight is 352 g/mol. The van der Waals surface area contributed by atoms with Crippen molar-refractivity contribution in [3.05, 3.63) is 26.6 Å². The lowest BCUT2D eigenvalue weighted by molar-refractivity contribution is -0.142. The van der Waals surface area contributed by atoms with Crippen LogP contribution in [-0.2, 0) is 9.53 Å². The average Bonchev–Trinajstić information content (AvgIpc) is 2.27. The maximum Gasteiger partial charge on any atom is 0.343 e. The number of rotatable bonds is 4. The Kier molecular flexibility index (Phi) is 4.95. The number of methoxy groups -OCH3 is 1. The van der Waals surface area contributed by atoms with Gasteiger partial charge in [0.2, 0.25) is 0 Å². The summed E-state index contributed by atoms with van der Waals surface area (Å²) in [6.45, 7) is -0.186. The fourth-order valence-electron chi connectivity index (χ4n) is 0.975. The lowest BCUT2D eigenvalue weighted by atomic mass is 10.2. The summed E-state index contributed by atoms with van der Waals surface area (Å²) >= 11 is 6.49. The van der Waals surface area contributed by atoms with Gasteiger partial charge in [-0.25, -0.2) is 4.79 Å². The summed E-state index contributed by atoms with van der Waals surface area (Å²) in [6, 6.07) is 3.20. The third-order valence-electron chi connectivity index (χ3n) is 1.72. The van der Waals surface area contributed by atoms with Gasteiger partial charge in [0, 0.05) is 5.56 Å². The van der Waals surface area contributed by atoms with E-state index in [-0.39, 0.29) is 6.61 Å². The monoisotopic (exact) mass is 350 g/mol. The third-order valence-corrected chi connectivity index (χ3v) is 2.90. The molecule has 0 unspecified atom stereocenters. The molecule has 86 valence electrons. The molecule has 4 nitrogen and oxygen atoms in total. The van der Waals surface area contributed by atoms with E-state index in [1.54, 1.807) is 12.1 Å². The summed E-state index contributed by atoms with van der Waals surface area (Å²) in [7, 11) is 1.28. The van der Waals surface area contributed by atoms with Crippen molar-refractivity contribution in [3.8, 4) is 5.75 Å². The van der Waals surface area contributed by atoms with Gasteiger partial charge in [-0.15, -0.1) is 0 Å². The van der Waals surface area contributed by atoms with Crippen molar-refractivity contribution >= 4 is 44.1 Å². The number of benzene rings is 1. The zero-order chi connectivity index (χ0) is 12.1. The number of hydrogen-bond acceptors (Lipinski definition) is 4. The molecule has 0 aliphatic carbocycles. The number of ether oxygens (including phenoxy) is 2. The van der Waals surface area contributed by atoms with Crippen molar-refractivity contribution in [1.29, 1.82) is 0 Å². The quantitative estimate of drug-likeness (QED) is 0.618. The molecule has 0 atom stereocenters. The van der Waals surface area contributed by atoms with Gasteiger partial charge < -0.3 is 9.47 Å². The number of halogens is 2. The van der Waals surface area contributed by atoms with E-state index in [1.165, 1.54) is 7.11 Å². The molecule has 0 aromatic heterocycles. The molecule has 0 saturated heterocycles. The summed E-state index contributed by atoms with van der Waals surface area (Å²) in [5.74, 6) is -0.0192. The molecule has 0 heterocycles. The van der Waals surface area contributed by atoms with E-state index in [0.29, 0.717) is 20.3 Å². The zero-order valence-corrected chi connectivity index (χ0v) is 11.5. The molecule has 1 aromatic carbocycles. The summed E-state index contributed by atoms with van der Waals surface area (Å²) in [6.07, 6.45) is 0.722. The lowest BCUT2D eigenvalue weighted by Crippen LogP contribution is -2.13. The zero-order valence-electron chi connectivity index (χ0n) is 8.33. The van der Waals surface area contributed by atoms with Crippen LogP contribution in [0.5, 0.6) is 5.75 Å². The van der Waals surface area contributed by atoms with E-state index in [2.05, 4.69) is 36.6 Å². The maximum absolute atomic E-state index is 10.9. The number of hydrogen-bond donors (Lipinski definition) is 0. The number of aldehydes is 1. The molecule has 0 fully saturated rings. The minimum Gasteiger partial charge on any atom is -0.480 e. The Morgan fingerprint density at radius 3 is 2.38 bits per heavy atom. The summed E-state index contributed by atoms with van der Waals surface area (Å²) in [5.41, 5.74) is 0.504. The van der Waals surface area contributed by atoms with E-state index in [9.17, 15) is 9.59 Å². The second-order valence-electron chi connectivity index (χ2n) is 2.80. The second-order valence-corrected chi connectivity index (χ2v) is 4.51. The summed E-state index contributed by atoms with van der Waals surface area (Å²) in [5, 5.41) is 0. The van der Waals surface area contributed by atoms with E-state index < -0.39 is 5.97 Å². The van der Waals surface area contributed by atoms with Gasteiger partial charge in [-0.2, -0.15) is 0 Å². The fourth-order valence-corrected chi connectivity index (χ4v) is 2.43. The van der Waals surface area contributed by atoms with Crippen LogP contribution in [0.25, 0.3) is 0 Å². The number of esters is 1. The normalized spacial score (nSPS) is 9.69. The van der Waals surface area contributed by atoms with Gasteiger partial charge in [-0.1, -0.05) is 0 Å². The fraction of sp³-hybridized carbons (Fsp3) is 0.200. The highest BCUT2D eigenvalue weighted by atomic mass is 79.9. The van der Waals surface area contributed by atoms with E-state index in [1.807, 2.05) is 0 Å². The highest BCUT2D eigenvalue weighted by molar-refractivity contribution is 9.11. The molecule has 0 spiro atoms. The molecule has 1 aromatic rings. The largest absolute Gasteiger partial charge is 0.480 e. The van der Waals surface area contributed by atoms with Crippen LogP contribution in [0.1, 0.15) is 10.4 Å². The third kappa shape index (κ3) is 3.31. The summed E-state index contributed by atoms with van der Waals surface area (Å²) in [4.78, 5) is 21.5. The molecule has 0 N–H and O–H groups in total. The topological polar surface area (TPSA) is 52.6 Å². The maximum atomic E-state index is 10.9. The van der Waals surface area contributed by atoms with Crippen LogP contribution in [-0.4, -0.2) is 26.0 Å². The van der Waals surface area contributed by atoms with Crippen LogP contribution in [0.15, 0.2) is 21.1 Å². The van der Waals surface area contributed by atoms with Crippen LogP contribution in [0.3, 0.4) is 0 Å². The molecule has 0 radical (unpaired) electrons. The van der Waals surface area contributed by atoms with Gasteiger partial charge in [0.15, 0.2) is 6.61 Å². The Morgan fingerprint density at radius 1 is 1.38 bits per heavy atom. The molecular formula is C10H8Br2O4. The number of carbonyl (C=O) groups excluding carboxylic acids is 2. The van der Waals surface area contributed by atoms with Crippen molar-refractivity contribution < 1.29 is 19.1 Å². The predicted octanol–water partition coefficient (Wildman–Crippen LogP) is 2.58. The highest BCUT2D eigenvalue weighted by Crippen LogP contribution is 2.34. The van der Waals surface area contributed by atoms with Gasteiger partial charge in [-0.05, 0) is 44.0 Å². The van der Waals surface area contributed by atoms with Crippen LogP contribution in [0.2, 0.25) is 0 Å². The second kappa shape index (κ2) is 6.00. The first kappa shape index (κ1) is 13.2. The Morgan fingerprint density at radius 2 is 1.94 bits per heavy atom. The first-order valence-corrected chi connectivity index (χ1v) is 5.81. The van der Waals surface area contributed by atoms with E-state index in [0.717, 1.165) is 6.29 Å². The number of carbonyl (C=O) groups is 2. The molecular weight excluding hydrogens is 344 g/mol. The van der Waals surface area contributed by atoms with Crippen molar-refractivity contribution in [2.24, 2.45) is 0 Å². The first-order chi connectivity index (χ1) is 7.58. The molecule has 0 amide bonds. The molecule has 6 heteroatoms. The molecule has 0 aliphatic heterocycles. The Labute approximate surface area is 109 Å². The van der Waals surface area contributed by atoms with Gasteiger partial charge in [0.05, 0.1) is 16.1 Å². The Hall–Kier alpha value is -0.880. The van der Waals surface area contributed by atoms with E-state index in [4.69, 9.17) is 4.74 Å². The van der Waals surface area contributed by atoms with E-state index >= 15 is 0 Å². The van der Waals surface area contributed by atoms with Crippen LogP contribution >= 0.6 is 31.9 Å². The molecule has 1 rings (SSSR count). The molecule has 0 bridgehead atoms. The molecule has 0 saturated carbocycles. The Balaban J connectivity index is 2.88. The van der Waals surface area contributed by atoms with Crippen molar-refractivity contribution in [2.45, 2.75) is 0 Å².